The molecule has 0 amide bonds. The first kappa shape index (κ1) is 24.2. The van der Waals surface area contributed by atoms with E-state index in [1.54, 1.807) is 0 Å². The molecule has 0 saturated heterocycles. The lowest BCUT2D eigenvalue weighted by atomic mass is 9.93. The molecule has 32 heavy (non-hydrogen) atoms. The van der Waals surface area contributed by atoms with Crippen LogP contribution in [0.2, 0.25) is 0 Å². The molecule has 0 aliphatic heterocycles. The van der Waals surface area contributed by atoms with Crippen LogP contribution in [0, 0.1) is 13.8 Å². The van der Waals surface area contributed by atoms with Gasteiger partial charge in [-0.05, 0) is 80.0 Å². The van der Waals surface area contributed by atoms with E-state index in [-0.39, 0.29) is 0 Å². The Bertz CT molecular complexity index is 946. The molecule has 0 unspecified atom stereocenters. The van der Waals surface area contributed by atoms with Gasteiger partial charge < -0.3 is 0 Å². The number of aromatic nitrogens is 1. The Hall–Kier alpha value is -2.45. The van der Waals surface area contributed by atoms with Gasteiger partial charge in [0.2, 0.25) is 0 Å². The molecule has 2 nitrogen and oxygen atoms in total. The van der Waals surface area contributed by atoms with Crippen LogP contribution < -0.4 is 0 Å². The number of aryl methyl sites for hydroxylation is 4. The Morgan fingerprint density at radius 1 is 0.812 bits per heavy atom. The average molecular weight is 429 g/mol. The van der Waals surface area contributed by atoms with Gasteiger partial charge in [0.05, 0.1) is 5.69 Å². The number of pyridine rings is 1. The maximum atomic E-state index is 5.15. The molecule has 0 fully saturated rings. The van der Waals surface area contributed by atoms with Crippen LogP contribution in [0.3, 0.4) is 0 Å². The molecule has 0 atom stereocenters. The summed E-state index contributed by atoms with van der Waals surface area (Å²) < 4.78 is 0. The molecular formula is C30H40N2. The summed E-state index contributed by atoms with van der Waals surface area (Å²) in [6.45, 7) is 14.4. The van der Waals surface area contributed by atoms with Crippen LogP contribution in [0.1, 0.15) is 67.1 Å². The topological polar surface area (TPSA) is 16.1 Å². The molecule has 1 heterocycles. The van der Waals surface area contributed by atoms with Crippen molar-refractivity contribution in [2.45, 2.75) is 73.3 Å². The van der Waals surface area contributed by atoms with Gasteiger partial charge in [0, 0.05) is 24.3 Å². The van der Waals surface area contributed by atoms with Gasteiger partial charge in [-0.1, -0.05) is 75.7 Å². The zero-order valence-electron chi connectivity index (χ0n) is 20.7. The highest BCUT2D eigenvalue weighted by Gasteiger charge is 2.16. The van der Waals surface area contributed by atoms with Crippen molar-refractivity contribution in [1.82, 2.24) is 9.88 Å². The van der Waals surface area contributed by atoms with Gasteiger partial charge in [0.1, 0.15) is 0 Å². The Balaban J connectivity index is 1.86. The number of hydrogen-bond donors (Lipinski definition) is 0. The second kappa shape index (κ2) is 12.0. The third-order valence-corrected chi connectivity index (χ3v) is 6.58. The molecule has 1 aromatic heterocycles. The summed E-state index contributed by atoms with van der Waals surface area (Å²) in [6, 6.07) is 19.9. The highest BCUT2D eigenvalue weighted by atomic mass is 15.1. The monoisotopic (exact) mass is 428 g/mol. The molecule has 2 heteroatoms. The number of unbranched alkanes of at least 4 members (excludes halogenated alkanes) is 1. The fourth-order valence-electron chi connectivity index (χ4n) is 4.60. The van der Waals surface area contributed by atoms with Crippen molar-refractivity contribution in [2.24, 2.45) is 0 Å². The Labute approximate surface area is 195 Å². The van der Waals surface area contributed by atoms with Crippen molar-refractivity contribution in [1.29, 1.82) is 0 Å². The molecule has 2 aromatic carbocycles. The van der Waals surface area contributed by atoms with Gasteiger partial charge in [-0.15, -0.1) is 0 Å². The van der Waals surface area contributed by atoms with Crippen LogP contribution in [0.5, 0.6) is 0 Å². The molecule has 0 aliphatic rings. The van der Waals surface area contributed by atoms with E-state index in [9.17, 15) is 0 Å². The minimum atomic E-state index is 0.980. The van der Waals surface area contributed by atoms with Crippen molar-refractivity contribution in [3.63, 3.8) is 0 Å². The smallest absolute Gasteiger partial charge is 0.0713 e. The van der Waals surface area contributed by atoms with Crippen LogP contribution in [0.25, 0.3) is 11.3 Å². The van der Waals surface area contributed by atoms with Crippen LogP contribution >= 0.6 is 0 Å². The van der Waals surface area contributed by atoms with Gasteiger partial charge in [-0.25, -0.2) is 0 Å². The zero-order valence-corrected chi connectivity index (χ0v) is 20.7. The quantitative estimate of drug-likeness (QED) is 0.318. The molecule has 0 saturated carbocycles. The van der Waals surface area contributed by atoms with Crippen molar-refractivity contribution < 1.29 is 0 Å². The van der Waals surface area contributed by atoms with Gasteiger partial charge in [-0.2, -0.15) is 0 Å². The second-order valence-corrected chi connectivity index (χ2v) is 8.91. The first-order chi connectivity index (χ1) is 15.6. The SMILES string of the molecule is CCCCN(CCc1ccccc1)Cc1c(C)cc(-c2c(CC)cccc2CC)nc1C. The fourth-order valence-corrected chi connectivity index (χ4v) is 4.60. The molecular weight excluding hydrogens is 388 g/mol. The fraction of sp³-hybridized carbons (Fsp3) is 0.433. The minimum Gasteiger partial charge on any atom is -0.299 e. The third kappa shape index (κ3) is 6.07. The minimum absolute atomic E-state index is 0.980. The lowest BCUT2D eigenvalue weighted by Crippen LogP contribution is -2.28. The van der Waals surface area contributed by atoms with Crippen molar-refractivity contribution in [2.75, 3.05) is 13.1 Å². The summed E-state index contributed by atoms with van der Waals surface area (Å²) in [5.41, 5.74) is 10.6. The highest BCUT2D eigenvalue weighted by molar-refractivity contribution is 5.69. The molecule has 3 rings (SSSR count). The molecule has 0 N–H and O–H groups in total. The predicted molar refractivity (Wildman–Crippen MR) is 138 cm³/mol. The summed E-state index contributed by atoms with van der Waals surface area (Å²) in [5.74, 6) is 0. The summed E-state index contributed by atoms with van der Waals surface area (Å²) in [7, 11) is 0. The summed E-state index contributed by atoms with van der Waals surface area (Å²) in [4.78, 5) is 7.76. The average Bonchev–Trinajstić information content (AvgIpc) is 2.82. The van der Waals surface area contributed by atoms with E-state index in [1.165, 1.54) is 51.9 Å². The molecule has 0 bridgehead atoms. The van der Waals surface area contributed by atoms with Gasteiger partial charge in [-0.3, -0.25) is 9.88 Å². The zero-order chi connectivity index (χ0) is 22.9. The molecule has 3 aromatic rings. The summed E-state index contributed by atoms with van der Waals surface area (Å²) in [6.07, 6.45) is 5.63. The lowest BCUT2D eigenvalue weighted by molar-refractivity contribution is 0.263. The van der Waals surface area contributed by atoms with Crippen molar-refractivity contribution in [3.05, 3.63) is 88.1 Å². The molecule has 0 radical (unpaired) electrons. The summed E-state index contributed by atoms with van der Waals surface area (Å²) in [5, 5.41) is 0. The largest absolute Gasteiger partial charge is 0.299 e. The van der Waals surface area contributed by atoms with E-state index < -0.39 is 0 Å². The molecule has 0 spiro atoms. The number of benzene rings is 2. The predicted octanol–water partition coefficient (Wildman–Crippen LogP) is 7.34. The standard InChI is InChI=1S/C30H40N2/c1-6-9-19-32(20-18-25-14-11-10-12-15-25)22-28-23(4)21-29(31-24(28)5)30-26(7-2)16-13-17-27(30)8-3/h10-17,21H,6-9,18-20,22H2,1-5H3. The van der Waals surface area contributed by atoms with Crippen LogP contribution in [-0.4, -0.2) is 23.0 Å². The summed E-state index contributed by atoms with van der Waals surface area (Å²) >= 11 is 0. The Morgan fingerprint density at radius 2 is 1.50 bits per heavy atom. The number of rotatable bonds is 11. The van der Waals surface area contributed by atoms with E-state index in [0.717, 1.165) is 44.6 Å². The second-order valence-electron chi connectivity index (χ2n) is 8.91. The Morgan fingerprint density at radius 3 is 2.09 bits per heavy atom. The first-order valence-electron chi connectivity index (χ1n) is 12.4. The van der Waals surface area contributed by atoms with E-state index in [0.29, 0.717) is 0 Å². The lowest BCUT2D eigenvalue weighted by Gasteiger charge is -2.25. The molecule has 0 aliphatic carbocycles. The van der Waals surface area contributed by atoms with Crippen LogP contribution in [0.4, 0.5) is 0 Å². The third-order valence-electron chi connectivity index (χ3n) is 6.58. The van der Waals surface area contributed by atoms with Gasteiger partial charge in [0.25, 0.3) is 0 Å². The molecule has 170 valence electrons. The maximum absolute atomic E-state index is 5.15. The van der Waals surface area contributed by atoms with E-state index in [2.05, 4.69) is 94.1 Å². The maximum Gasteiger partial charge on any atom is 0.0713 e. The number of hydrogen-bond acceptors (Lipinski definition) is 2. The van der Waals surface area contributed by atoms with E-state index >= 15 is 0 Å². The number of nitrogens with zero attached hydrogens (tertiary/aromatic N) is 2. The van der Waals surface area contributed by atoms with Crippen molar-refractivity contribution >= 4 is 0 Å². The van der Waals surface area contributed by atoms with Crippen LogP contribution in [0.15, 0.2) is 54.6 Å². The van der Waals surface area contributed by atoms with E-state index in [4.69, 9.17) is 4.98 Å². The first-order valence-corrected chi connectivity index (χ1v) is 12.4. The van der Waals surface area contributed by atoms with Gasteiger partial charge >= 0.3 is 0 Å². The highest BCUT2D eigenvalue weighted by Crippen LogP contribution is 2.30. The normalized spacial score (nSPS) is 11.3. The van der Waals surface area contributed by atoms with Crippen molar-refractivity contribution in [3.8, 4) is 11.3 Å². The Kier molecular flexibility index (Phi) is 9.05. The van der Waals surface area contributed by atoms with Crippen LogP contribution in [-0.2, 0) is 25.8 Å². The van der Waals surface area contributed by atoms with E-state index in [1.807, 2.05) is 0 Å². The van der Waals surface area contributed by atoms with Gasteiger partial charge in [0.15, 0.2) is 0 Å².